The Morgan fingerprint density at radius 1 is 1.80 bits per heavy atom. The molecule has 0 aliphatic carbocycles. The maximum atomic E-state index is 10.8. The number of nitrogens with zero attached hydrogens (tertiary/aromatic N) is 1. The Balaban J connectivity index is 3.94. The number of Topliss-reactive ketones (excluding diaryl/α,β-unsaturated/α-hetero) is 1. The Morgan fingerprint density at radius 2 is 2.30 bits per heavy atom. The third kappa shape index (κ3) is 2.30. The van der Waals surface area contributed by atoms with E-state index in [-0.39, 0.29) is 11.5 Å². The largest absolute Gasteiger partial charge is 0.396 e. The first-order valence-electron chi connectivity index (χ1n) is 2.70. The molecule has 4 nitrogen and oxygen atoms in total. The van der Waals surface area contributed by atoms with E-state index < -0.39 is 6.10 Å². The predicted octanol–water partition coefficient (Wildman–Crippen LogP) is 0.0486. The molecule has 10 heavy (non-hydrogen) atoms. The van der Waals surface area contributed by atoms with Crippen molar-refractivity contribution in [1.29, 1.82) is 0 Å². The molecule has 0 aromatic rings. The van der Waals surface area contributed by atoms with Gasteiger partial charge in [-0.15, -0.1) is 5.16 Å². The van der Waals surface area contributed by atoms with Gasteiger partial charge in [-0.2, -0.15) is 0 Å². The SMILES string of the molecule is C=NOC(C)C(=O)C(=C)N. The summed E-state index contributed by atoms with van der Waals surface area (Å²) >= 11 is 0. The maximum absolute atomic E-state index is 10.8. The van der Waals surface area contributed by atoms with Crippen molar-refractivity contribution in [3.8, 4) is 0 Å². The first-order valence-corrected chi connectivity index (χ1v) is 2.70. The van der Waals surface area contributed by atoms with Crippen molar-refractivity contribution in [3.63, 3.8) is 0 Å². The van der Waals surface area contributed by atoms with Crippen LogP contribution in [0.2, 0.25) is 0 Å². The molecule has 0 bridgehead atoms. The van der Waals surface area contributed by atoms with Crippen molar-refractivity contribution < 1.29 is 9.63 Å². The van der Waals surface area contributed by atoms with E-state index in [2.05, 4.69) is 23.3 Å². The van der Waals surface area contributed by atoms with Gasteiger partial charge in [0.15, 0.2) is 6.10 Å². The monoisotopic (exact) mass is 142 g/mol. The van der Waals surface area contributed by atoms with Crippen LogP contribution in [0.1, 0.15) is 6.92 Å². The fraction of sp³-hybridized carbons (Fsp3) is 0.333. The van der Waals surface area contributed by atoms with E-state index in [0.717, 1.165) is 0 Å². The summed E-state index contributed by atoms with van der Waals surface area (Å²) in [6.45, 7) is 7.81. The minimum atomic E-state index is -0.685. The van der Waals surface area contributed by atoms with Gasteiger partial charge in [0.05, 0.1) is 5.70 Å². The van der Waals surface area contributed by atoms with Gasteiger partial charge in [0.25, 0.3) is 0 Å². The lowest BCUT2D eigenvalue weighted by Crippen LogP contribution is -2.23. The molecule has 0 radical (unpaired) electrons. The van der Waals surface area contributed by atoms with Crippen LogP contribution in [-0.2, 0) is 9.63 Å². The Kier molecular flexibility index (Phi) is 3.17. The third-order valence-electron chi connectivity index (χ3n) is 0.918. The highest BCUT2D eigenvalue weighted by Crippen LogP contribution is 1.96. The molecule has 0 aromatic heterocycles. The van der Waals surface area contributed by atoms with Crippen LogP contribution < -0.4 is 5.73 Å². The van der Waals surface area contributed by atoms with E-state index in [1.165, 1.54) is 6.92 Å². The van der Waals surface area contributed by atoms with Crippen LogP contribution in [0, 0.1) is 0 Å². The van der Waals surface area contributed by atoms with E-state index >= 15 is 0 Å². The van der Waals surface area contributed by atoms with E-state index in [9.17, 15) is 4.79 Å². The molecule has 1 atom stereocenters. The second kappa shape index (κ2) is 3.66. The molecule has 2 N–H and O–H groups in total. The van der Waals surface area contributed by atoms with Crippen molar-refractivity contribution in [2.45, 2.75) is 13.0 Å². The predicted molar refractivity (Wildman–Crippen MR) is 38.4 cm³/mol. The van der Waals surface area contributed by atoms with Gasteiger partial charge >= 0.3 is 0 Å². The molecule has 0 rings (SSSR count). The van der Waals surface area contributed by atoms with E-state index in [1.807, 2.05) is 0 Å². The zero-order valence-corrected chi connectivity index (χ0v) is 5.83. The Morgan fingerprint density at radius 3 is 2.60 bits per heavy atom. The minimum Gasteiger partial charge on any atom is -0.396 e. The van der Waals surface area contributed by atoms with Crippen LogP contribution in [0.5, 0.6) is 0 Å². The fourth-order valence-electron chi connectivity index (χ4n) is 0.421. The van der Waals surface area contributed by atoms with Crippen molar-refractivity contribution in [3.05, 3.63) is 12.3 Å². The van der Waals surface area contributed by atoms with E-state index in [1.54, 1.807) is 0 Å². The number of rotatable bonds is 4. The van der Waals surface area contributed by atoms with Gasteiger partial charge in [-0.05, 0) is 6.92 Å². The molecule has 1 unspecified atom stereocenters. The smallest absolute Gasteiger partial charge is 0.220 e. The Hall–Kier alpha value is -1.32. The fourth-order valence-corrected chi connectivity index (χ4v) is 0.421. The lowest BCUT2D eigenvalue weighted by molar-refractivity contribution is -0.125. The summed E-state index contributed by atoms with van der Waals surface area (Å²) in [5.74, 6) is -0.368. The van der Waals surface area contributed by atoms with Gasteiger partial charge < -0.3 is 10.6 Å². The molecule has 0 spiro atoms. The number of oxime groups is 1. The summed E-state index contributed by atoms with van der Waals surface area (Å²) < 4.78 is 0. The number of carbonyl (C=O) groups is 1. The van der Waals surface area contributed by atoms with E-state index in [4.69, 9.17) is 5.73 Å². The Bertz CT molecular complexity index is 165. The van der Waals surface area contributed by atoms with Crippen LogP contribution in [0.15, 0.2) is 17.4 Å². The molecule has 0 saturated heterocycles. The van der Waals surface area contributed by atoms with Crippen LogP contribution in [0.25, 0.3) is 0 Å². The normalized spacial score (nSPS) is 11.7. The highest BCUT2D eigenvalue weighted by atomic mass is 16.6. The third-order valence-corrected chi connectivity index (χ3v) is 0.918. The average molecular weight is 142 g/mol. The van der Waals surface area contributed by atoms with Crippen LogP contribution in [0.4, 0.5) is 0 Å². The van der Waals surface area contributed by atoms with Crippen LogP contribution in [0.3, 0.4) is 0 Å². The standard InChI is InChI=1S/C6H10N2O2/c1-4(7)6(9)5(2)10-8-3/h5H,1,3,7H2,2H3. The second-order valence-electron chi connectivity index (χ2n) is 1.77. The average Bonchev–Trinajstić information content (AvgIpc) is 1.87. The van der Waals surface area contributed by atoms with Crippen LogP contribution in [-0.4, -0.2) is 18.6 Å². The quantitative estimate of drug-likeness (QED) is 0.342. The van der Waals surface area contributed by atoms with Gasteiger partial charge in [-0.1, -0.05) is 6.58 Å². The minimum absolute atomic E-state index is 0.0313. The summed E-state index contributed by atoms with van der Waals surface area (Å²) in [4.78, 5) is 15.3. The molecule has 0 fully saturated rings. The number of nitrogens with two attached hydrogens (primary N) is 1. The summed E-state index contributed by atoms with van der Waals surface area (Å²) in [5, 5.41) is 3.07. The molecule has 0 heterocycles. The molecular weight excluding hydrogens is 132 g/mol. The van der Waals surface area contributed by atoms with Crippen molar-refractivity contribution in [2.24, 2.45) is 10.9 Å². The lowest BCUT2D eigenvalue weighted by atomic mass is 10.2. The molecule has 4 heteroatoms. The number of hydrogen-bond acceptors (Lipinski definition) is 4. The number of ketones is 1. The summed E-state index contributed by atoms with van der Waals surface area (Å²) in [6.07, 6.45) is -0.685. The van der Waals surface area contributed by atoms with Gasteiger partial charge in [0, 0.05) is 6.72 Å². The van der Waals surface area contributed by atoms with Crippen molar-refractivity contribution >= 4 is 12.5 Å². The van der Waals surface area contributed by atoms with Crippen LogP contribution >= 0.6 is 0 Å². The zero-order chi connectivity index (χ0) is 8.15. The molecule has 0 aromatic carbocycles. The lowest BCUT2D eigenvalue weighted by Gasteiger charge is -2.05. The van der Waals surface area contributed by atoms with Gasteiger partial charge in [-0.25, -0.2) is 0 Å². The van der Waals surface area contributed by atoms with Gasteiger partial charge in [0.2, 0.25) is 5.78 Å². The van der Waals surface area contributed by atoms with Gasteiger partial charge in [-0.3, -0.25) is 4.79 Å². The molecule has 0 aliphatic rings. The van der Waals surface area contributed by atoms with Gasteiger partial charge in [0.1, 0.15) is 0 Å². The molecule has 0 saturated carbocycles. The number of carbonyl (C=O) groups excluding carboxylic acids is 1. The van der Waals surface area contributed by atoms with Crippen molar-refractivity contribution in [1.82, 2.24) is 0 Å². The Labute approximate surface area is 59.3 Å². The summed E-state index contributed by atoms with van der Waals surface area (Å²) in [7, 11) is 0. The first-order chi connectivity index (χ1) is 4.59. The number of hydrogen-bond donors (Lipinski definition) is 1. The maximum Gasteiger partial charge on any atom is 0.220 e. The molecule has 0 aliphatic heterocycles. The molecular formula is C6H10N2O2. The topological polar surface area (TPSA) is 64.7 Å². The second-order valence-corrected chi connectivity index (χ2v) is 1.77. The van der Waals surface area contributed by atoms with E-state index in [0.29, 0.717) is 0 Å². The van der Waals surface area contributed by atoms with Crippen molar-refractivity contribution in [2.75, 3.05) is 0 Å². The highest BCUT2D eigenvalue weighted by Gasteiger charge is 2.14. The highest BCUT2D eigenvalue weighted by molar-refractivity contribution is 5.97. The molecule has 56 valence electrons. The zero-order valence-electron chi connectivity index (χ0n) is 5.83. The summed E-state index contributed by atoms with van der Waals surface area (Å²) in [6, 6.07) is 0. The summed E-state index contributed by atoms with van der Waals surface area (Å²) in [5.41, 5.74) is 5.05. The first kappa shape index (κ1) is 8.68. The molecule has 0 amide bonds.